The molecule has 0 aliphatic carbocycles. The van der Waals surface area contributed by atoms with E-state index in [2.05, 4.69) is 39.8 Å². The Hall–Kier alpha value is -2.24. The van der Waals surface area contributed by atoms with E-state index >= 15 is 0 Å². The van der Waals surface area contributed by atoms with Gasteiger partial charge in [0.05, 0.1) is 36.4 Å². The molecule has 0 radical (unpaired) electrons. The zero-order valence-electron chi connectivity index (χ0n) is 17.5. The molecule has 4 nitrogen and oxygen atoms in total. The lowest BCUT2D eigenvalue weighted by Crippen LogP contribution is -3.12. The summed E-state index contributed by atoms with van der Waals surface area (Å²) < 4.78 is 1.14. The standard InChI is InChI=1S/C23H29N3OS/c1-6-25(7-2)12-13-26(22(27)19-11-9-8-10-17(19)4)23-24-21-18(5)14-16(3)15-20(21)28-23/h8-11,14-15H,6-7,12-13H2,1-5H3/p+1. The van der Waals surface area contributed by atoms with Crippen LogP contribution in [0.4, 0.5) is 5.13 Å². The highest BCUT2D eigenvalue weighted by atomic mass is 32.1. The lowest BCUT2D eigenvalue weighted by atomic mass is 10.1. The number of likely N-dealkylation sites (N-methyl/N-ethyl adjacent to an activating group) is 1. The predicted molar refractivity (Wildman–Crippen MR) is 119 cm³/mol. The topological polar surface area (TPSA) is 37.6 Å². The predicted octanol–water partition coefficient (Wildman–Crippen LogP) is 3.79. The Balaban J connectivity index is 2.02. The Morgan fingerprint density at radius 1 is 1.07 bits per heavy atom. The molecule has 5 heteroatoms. The third-order valence-corrected chi connectivity index (χ3v) is 6.38. The van der Waals surface area contributed by atoms with Gasteiger partial charge in [-0.3, -0.25) is 9.69 Å². The molecule has 1 heterocycles. The molecule has 0 unspecified atom stereocenters. The number of rotatable bonds is 7. The summed E-state index contributed by atoms with van der Waals surface area (Å²) in [6.45, 7) is 14.3. The van der Waals surface area contributed by atoms with Crippen LogP contribution >= 0.6 is 11.3 Å². The van der Waals surface area contributed by atoms with E-state index in [1.54, 1.807) is 11.3 Å². The number of fused-ring (bicyclic) bond motifs is 1. The normalized spacial score (nSPS) is 11.4. The number of hydrogen-bond donors (Lipinski definition) is 1. The Kier molecular flexibility index (Phi) is 6.47. The molecule has 0 saturated carbocycles. The molecule has 0 atom stereocenters. The van der Waals surface area contributed by atoms with Crippen molar-refractivity contribution in [3.8, 4) is 0 Å². The molecule has 0 fully saturated rings. The summed E-state index contributed by atoms with van der Waals surface area (Å²) in [6, 6.07) is 12.1. The van der Waals surface area contributed by atoms with Crippen molar-refractivity contribution in [3.05, 3.63) is 58.7 Å². The maximum atomic E-state index is 13.5. The second-order valence-corrected chi connectivity index (χ2v) is 8.41. The zero-order chi connectivity index (χ0) is 20.3. The maximum Gasteiger partial charge on any atom is 0.260 e. The van der Waals surface area contributed by atoms with Gasteiger partial charge in [-0.1, -0.05) is 35.6 Å². The maximum absolute atomic E-state index is 13.5. The van der Waals surface area contributed by atoms with Crippen molar-refractivity contribution in [2.45, 2.75) is 34.6 Å². The minimum Gasteiger partial charge on any atom is -0.334 e. The zero-order valence-corrected chi connectivity index (χ0v) is 18.3. The first-order valence-electron chi connectivity index (χ1n) is 10.0. The molecule has 3 rings (SSSR count). The van der Waals surface area contributed by atoms with Crippen LogP contribution in [0.25, 0.3) is 10.2 Å². The first kappa shape index (κ1) is 20.5. The van der Waals surface area contributed by atoms with Crippen LogP contribution in [0.1, 0.15) is 40.9 Å². The molecule has 28 heavy (non-hydrogen) atoms. The Morgan fingerprint density at radius 3 is 2.46 bits per heavy atom. The minimum absolute atomic E-state index is 0.0399. The fraction of sp³-hybridized carbons (Fsp3) is 0.391. The number of carbonyl (C=O) groups excluding carboxylic acids is 1. The van der Waals surface area contributed by atoms with E-state index in [-0.39, 0.29) is 5.91 Å². The summed E-state index contributed by atoms with van der Waals surface area (Å²) >= 11 is 1.61. The van der Waals surface area contributed by atoms with Crippen LogP contribution in [0.3, 0.4) is 0 Å². The fourth-order valence-corrected chi connectivity index (χ4v) is 4.76. The van der Waals surface area contributed by atoms with E-state index in [1.165, 1.54) is 10.5 Å². The van der Waals surface area contributed by atoms with E-state index in [9.17, 15) is 4.79 Å². The van der Waals surface area contributed by atoms with Crippen molar-refractivity contribution in [3.63, 3.8) is 0 Å². The van der Waals surface area contributed by atoms with Crippen LogP contribution in [0, 0.1) is 20.8 Å². The number of nitrogens with one attached hydrogen (secondary N) is 1. The number of aromatic nitrogens is 1. The van der Waals surface area contributed by atoms with E-state index in [4.69, 9.17) is 4.98 Å². The first-order valence-corrected chi connectivity index (χ1v) is 10.8. The molecule has 1 aromatic heterocycles. The molecule has 0 bridgehead atoms. The van der Waals surface area contributed by atoms with Gasteiger partial charge in [0, 0.05) is 5.56 Å². The van der Waals surface area contributed by atoms with Crippen molar-refractivity contribution >= 4 is 32.6 Å². The van der Waals surface area contributed by atoms with Gasteiger partial charge in [0.2, 0.25) is 0 Å². The Morgan fingerprint density at radius 2 is 1.79 bits per heavy atom. The lowest BCUT2D eigenvalue weighted by molar-refractivity contribution is -0.894. The number of anilines is 1. The largest absolute Gasteiger partial charge is 0.334 e. The molecule has 0 aliphatic rings. The summed E-state index contributed by atoms with van der Waals surface area (Å²) in [5, 5.41) is 0.795. The van der Waals surface area contributed by atoms with Gasteiger partial charge in [-0.2, -0.15) is 0 Å². The van der Waals surface area contributed by atoms with Crippen molar-refractivity contribution in [2.24, 2.45) is 0 Å². The number of carbonyl (C=O) groups is 1. The highest BCUT2D eigenvalue weighted by Crippen LogP contribution is 2.32. The molecule has 0 aliphatic heterocycles. The summed E-state index contributed by atoms with van der Waals surface area (Å²) in [6.07, 6.45) is 0. The minimum atomic E-state index is 0.0399. The smallest absolute Gasteiger partial charge is 0.260 e. The van der Waals surface area contributed by atoms with Crippen LogP contribution in [-0.4, -0.2) is 37.1 Å². The monoisotopic (exact) mass is 396 g/mol. The third kappa shape index (κ3) is 4.26. The number of nitrogens with zero attached hydrogens (tertiary/aromatic N) is 2. The average molecular weight is 397 g/mol. The molecule has 1 amide bonds. The summed E-state index contributed by atoms with van der Waals surface area (Å²) in [4.78, 5) is 21.7. The Labute approximate surface area is 171 Å². The summed E-state index contributed by atoms with van der Waals surface area (Å²) in [7, 11) is 0. The van der Waals surface area contributed by atoms with E-state index < -0.39 is 0 Å². The number of thiazole rings is 1. The quantitative estimate of drug-likeness (QED) is 0.660. The fourth-order valence-electron chi connectivity index (χ4n) is 3.59. The van der Waals surface area contributed by atoms with Gasteiger partial charge in [0.1, 0.15) is 0 Å². The molecule has 0 spiro atoms. The molecule has 148 valence electrons. The van der Waals surface area contributed by atoms with Crippen molar-refractivity contribution in [1.82, 2.24) is 4.98 Å². The number of aryl methyl sites for hydroxylation is 3. The summed E-state index contributed by atoms with van der Waals surface area (Å²) in [5.74, 6) is 0.0399. The van der Waals surface area contributed by atoms with Crippen LogP contribution in [0.2, 0.25) is 0 Å². The van der Waals surface area contributed by atoms with Crippen LogP contribution in [0.15, 0.2) is 36.4 Å². The van der Waals surface area contributed by atoms with Gasteiger partial charge in [0.15, 0.2) is 5.13 Å². The third-order valence-electron chi connectivity index (χ3n) is 5.36. The average Bonchev–Trinajstić information content (AvgIpc) is 3.09. The van der Waals surface area contributed by atoms with Crippen LogP contribution in [-0.2, 0) is 0 Å². The van der Waals surface area contributed by atoms with Gasteiger partial charge in [-0.05, 0) is 63.4 Å². The molecule has 1 N–H and O–H groups in total. The molecule has 3 aromatic rings. The second kappa shape index (κ2) is 8.84. The SMILES string of the molecule is CC[NH+](CC)CCN(C(=O)c1ccccc1C)c1nc2c(C)cc(C)cc2s1. The molecule has 0 saturated heterocycles. The highest BCUT2D eigenvalue weighted by Gasteiger charge is 2.24. The van der Waals surface area contributed by atoms with Gasteiger partial charge >= 0.3 is 0 Å². The molecule has 2 aromatic carbocycles. The van der Waals surface area contributed by atoms with Gasteiger partial charge in [0.25, 0.3) is 5.91 Å². The Bertz CT molecular complexity index is 975. The van der Waals surface area contributed by atoms with Crippen molar-refractivity contribution in [2.75, 3.05) is 31.1 Å². The van der Waals surface area contributed by atoms with Gasteiger partial charge in [-0.15, -0.1) is 0 Å². The van der Waals surface area contributed by atoms with E-state index in [0.29, 0.717) is 6.54 Å². The lowest BCUT2D eigenvalue weighted by Gasteiger charge is -2.23. The highest BCUT2D eigenvalue weighted by molar-refractivity contribution is 7.22. The second-order valence-electron chi connectivity index (χ2n) is 7.40. The first-order chi connectivity index (χ1) is 13.4. The number of benzene rings is 2. The number of amides is 1. The van der Waals surface area contributed by atoms with Crippen LogP contribution in [0.5, 0.6) is 0 Å². The molecular weight excluding hydrogens is 366 g/mol. The van der Waals surface area contributed by atoms with Gasteiger partial charge in [-0.25, -0.2) is 4.98 Å². The van der Waals surface area contributed by atoms with E-state index in [1.807, 2.05) is 36.1 Å². The number of quaternary nitrogens is 1. The van der Waals surface area contributed by atoms with Crippen molar-refractivity contribution < 1.29 is 9.69 Å². The van der Waals surface area contributed by atoms with E-state index in [0.717, 1.165) is 51.7 Å². The molecular formula is C23H30N3OS+. The number of hydrogen-bond acceptors (Lipinski definition) is 3. The van der Waals surface area contributed by atoms with Crippen LogP contribution < -0.4 is 9.80 Å². The van der Waals surface area contributed by atoms with Gasteiger partial charge < -0.3 is 4.90 Å². The summed E-state index contributed by atoms with van der Waals surface area (Å²) in [5.41, 5.74) is 5.15. The van der Waals surface area contributed by atoms with Crippen molar-refractivity contribution in [1.29, 1.82) is 0 Å².